The molecule has 1 aromatic rings. The Hall–Kier alpha value is -1.80. The molecule has 34 heavy (non-hydrogen) atoms. The van der Waals surface area contributed by atoms with Gasteiger partial charge in [0.05, 0.1) is 17.6 Å². The standard InChI is InChI=1S/C27H38O6S/c1-19(2)9-8-15-27-17-24(32-4)33-26(27)25(22(27)13-12-20(3)14-16-28)23(29)18-34(30,31)21-10-6-5-7-11-21/h5-7,9-11,14,22,24-26,28H,8,12-13,15-18H2,1-4H3/b20-14+/t22-,24?,25+,26+,27-/m0/s1. The fraction of sp³-hybridized carbons (Fsp3) is 0.593. The predicted molar refractivity (Wildman–Crippen MR) is 132 cm³/mol. The molecule has 5 atom stereocenters. The molecule has 6 nitrogen and oxygen atoms in total. The third-order valence-electron chi connectivity index (χ3n) is 7.43. The first-order valence-electron chi connectivity index (χ1n) is 12.0. The van der Waals surface area contributed by atoms with Gasteiger partial charge in [0.25, 0.3) is 0 Å². The molecule has 0 radical (unpaired) electrons. The molecule has 1 unspecified atom stereocenters. The minimum absolute atomic E-state index is 0.00345. The Morgan fingerprint density at radius 3 is 2.53 bits per heavy atom. The number of Topliss-reactive ketones (excluding diaryl/α,β-unsaturated/α-hetero) is 1. The van der Waals surface area contributed by atoms with E-state index in [0.29, 0.717) is 6.42 Å². The van der Waals surface area contributed by atoms with E-state index >= 15 is 0 Å². The van der Waals surface area contributed by atoms with Crippen LogP contribution < -0.4 is 0 Å². The number of methoxy groups -OCH3 is 1. The van der Waals surface area contributed by atoms with Gasteiger partial charge in [-0.15, -0.1) is 0 Å². The average molecular weight is 491 g/mol. The van der Waals surface area contributed by atoms with Gasteiger partial charge in [0.15, 0.2) is 21.9 Å². The second-order valence-corrected chi connectivity index (χ2v) is 11.9. The van der Waals surface area contributed by atoms with Crippen LogP contribution in [0, 0.1) is 17.3 Å². The number of rotatable bonds is 12. The fourth-order valence-corrected chi connectivity index (χ4v) is 7.03. The molecule has 1 N–H and O–H groups in total. The molecule has 0 bridgehead atoms. The smallest absolute Gasteiger partial charge is 0.185 e. The summed E-state index contributed by atoms with van der Waals surface area (Å²) in [7, 11) is -2.12. The van der Waals surface area contributed by atoms with Gasteiger partial charge in [-0.2, -0.15) is 0 Å². The van der Waals surface area contributed by atoms with Crippen molar-refractivity contribution in [3.8, 4) is 0 Å². The molecule has 188 valence electrons. The molecule has 1 aliphatic heterocycles. The van der Waals surface area contributed by atoms with Crippen LogP contribution in [-0.4, -0.2) is 51.2 Å². The lowest BCUT2D eigenvalue weighted by Gasteiger charge is -2.57. The van der Waals surface area contributed by atoms with Crippen LogP contribution in [-0.2, 0) is 24.1 Å². The zero-order valence-electron chi connectivity index (χ0n) is 20.7. The van der Waals surface area contributed by atoms with Crippen molar-refractivity contribution < 1.29 is 27.8 Å². The lowest BCUT2D eigenvalue weighted by Crippen LogP contribution is -2.62. The first kappa shape index (κ1) is 26.8. The largest absolute Gasteiger partial charge is 0.392 e. The van der Waals surface area contributed by atoms with Crippen LogP contribution in [0.4, 0.5) is 0 Å². The molecule has 0 aromatic heterocycles. The maximum Gasteiger partial charge on any atom is 0.185 e. The van der Waals surface area contributed by atoms with E-state index in [4.69, 9.17) is 9.47 Å². The van der Waals surface area contributed by atoms with E-state index in [1.807, 2.05) is 6.92 Å². The molecule has 2 aliphatic rings. The Labute approximate surface area is 204 Å². The summed E-state index contributed by atoms with van der Waals surface area (Å²) in [5, 5.41) is 9.24. The highest BCUT2D eigenvalue weighted by atomic mass is 32.2. The number of aliphatic hydroxyl groups is 1. The molecular weight excluding hydrogens is 452 g/mol. The maximum atomic E-state index is 13.5. The van der Waals surface area contributed by atoms with Crippen LogP contribution >= 0.6 is 0 Å². The number of allylic oxidation sites excluding steroid dienone is 3. The first-order chi connectivity index (χ1) is 16.1. The van der Waals surface area contributed by atoms with Crippen LogP contribution in [0.25, 0.3) is 0 Å². The van der Waals surface area contributed by atoms with Gasteiger partial charge in [-0.25, -0.2) is 8.42 Å². The van der Waals surface area contributed by atoms with E-state index in [0.717, 1.165) is 31.3 Å². The highest BCUT2D eigenvalue weighted by Crippen LogP contribution is 2.64. The summed E-state index contributed by atoms with van der Waals surface area (Å²) >= 11 is 0. The van der Waals surface area contributed by atoms with Gasteiger partial charge in [0.2, 0.25) is 0 Å². The maximum absolute atomic E-state index is 13.5. The number of hydrogen-bond acceptors (Lipinski definition) is 6. The number of ether oxygens (including phenoxy) is 2. The first-order valence-corrected chi connectivity index (χ1v) is 13.7. The number of fused-ring (bicyclic) bond motifs is 1. The number of aliphatic hydroxyl groups excluding tert-OH is 1. The van der Waals surface area contributed by atoms with Gasteiger partial charge in [0.1, 0.15) is 5.75 Å². The van der Waals surface area contributed by atoms with Crippen molar-refractivity contribution >= 4 is 15.6 Å². The Balaban J connectivity index is 1.88. The van der Waals surface area contributed by atoms with Crippen LogP contribution in [0.15, 0.2) is 58.5 Å². The lowest BCUT2D eigenvalue weighted by molar-refractivity contribution is -0.192. The van der Waals surface area contributed by atoms with E-state index < -0.39 is 27.8 Å². The number of ketones is 1. The Kier molecular flexibility index (Phi) is 8.90. The second-order valence-electron chi connectivity index (χ2n) is 9.92. The van der Waals surface area contributed by atoms with Crippen LogP contribution in [0.2, 0.25) is 0 Å². The minimum Gasteiger partial charge on any atom is -0.392 e. The predicted octanol–water partition coefficient (Wildman–Crippen LogP) is 4.49. The third-order valence-corrected chi connectivity index (χ3v) is 9.09. The molecule has 1 aliphatic carbocycles. The van der Waals surface area contributed by atoms with Crippen molar-refractivity contribution in [2.75, 3.05) is 19.5 Å². The average Bonchev–Trinajstić information content (AvgIpc) is 3.08. The highest BCUT2D eigenvalue weighted by Gasteiger charge is 2.68. The molecule has 1 aromatic carbocycles. The van der Waals surface area contributed by atoms with Crippen LogP contribution in [0.5, 0.6) is 0 Å². The van der Waals surface area contributed by atoms with E-state index in [-0.39, 0.29) is 34.7 Å². The second kappa shape index (κ2) is 11.3. The van der Waals surface area contributed by atoms with Gasteiger partial charge < -0.3 is 14.6 Å². The molecule has 7 heteroatoms. The SMILES string of the molecule is COC1C[C@]2(CCC=C(C)C)[C@H](O1)[C@@H](C(=O)CS(=O)(=O)c1ccccc1)[C@@H]2CC/C(C)=C/CO. The summed E-state index contributed by atoms with van der Waals surface area (Å²) < 4.78 is 37.6. The molecule has 1 heterocycles. The van der Waals surface area contributed by atoms with Crippen molar-refractivity contribution in [1.82, 2.24) is 0 Å². The molecule has 2 fully saturated rings. The van der Waals surface area contributed by atoms with Crippen molar-refractivity contribution in [1.29, 1.82) is 0 Å². The number of hydrogen-bond donors (Lipinski definition) is 1. The Bertz CT molecular complexity index is 1010. The van der Waals surface area contributed by atoms with Gasteiger partial charge in [0, 0.05) is 24.9 Å². The van der Waals surface area contributed by atoms with E-state index in [2.05, 4.69) is 19.9 Å². The Morgan fingerprint density at radius 2 is 1.91 bits per heavy atom. The number of sulfone groups is 1. The molecular formula is C27H38O6S. The molecule has 1 saturated carbocycles. The fourth-order valence-electron chi connectivity index (χ4n) is 5.72. The summed E-state index contributed by atoms with van der Waals surface area (Å²) in [6.45, 7) is 6.10. The van der Waals surface area contributed by atoms with Gasteiger partial charge in [-0.1, -0.05) is 41.5 Å². The lowest BCUT2D eigenvalue weighted by atomic mass is 9.47. The van der Waals surface area contributed by atoms with E-state index in [1.165, 1.54) is 17.7 Å². The summed E-state index contributed by atoms with van der Waals surface area (Å²) in [5.41, 5.74) is 2.09. The van der Waals surface area contributed by atoms with Crippen molar-refractivity contribution in [3.05, 3.63) is 53.6 Å². The van der Waals surface area contributed by atoms with Crippen molar-refractivity contribution in [2.45, 2.75) is 70.2 Å². The summed E-state index contributed by atoms with van der Waals surface area (Å²) in [4.78, 5) is 13.7. The minimum atomic E-state index is -3.73. The quantitative estimate of drug-likeness (QED) is 0.434. The summed E-state index contributed by atoms with van der Waals surface area (Å²) in [6, 6.07) is 8.14. The number of carbonyl (C=O) groups excluding carboxylic acids is 1. The van der Waals surface area contributed by atoms with Crippen LogP contribution in [0.1, 0.15) is 52.9 Å². The van der Waals surface area contributed by atoms with Crippen molar-refractivity contribution in [3.63, 3.8) is 0 Å². The normalized spacial score (nSPS) is 28.8. The number of carbonyl (C=O) groups is 1. The van der Waals surface area contributed by atoms with Crippen LogP contribution in [0.3, 0.4) is 0 Å². The van der Waals surface area contributed by atoms with Gasteiger partial charge in [-0.05, 0) is 64.5 Å². The zero-order valence-corrected chi connectivity index (χ0v) is 21.5. The molecule has 3 rings (SSSR count). The number of benzene rings is 1. The molecule has 1 saturated heterocycles. The van der Waals surface area contributed by atoms with Gasteiger partial charge in [-0.3, -0.25) is 4.79 Å². The van der Waals surface area contributed by atoms with E-state index in [1.54, 1.807) is 31.4 Å². The molecule has 0 spiro atoms. The van der Waals surface area contributed by atoms with Gasteiger partial charge >= 0.3 is 0 Å². The Morgan fingerprint density at radius 1 is 1.21 bits per heavy atom. The van der Waals surface area contributed by atoms with E-state index in [9.17, 15) is 18.3 Å². The zero-order chi connectivity index (χ0) is 24.9. The summed E-state index contributed by atoms with van der Waals surface area (Å²) in [6.07, 6.45) is 7.19. The monoisotopic (exact) mass is 490 g/mol. The van der Waals surface area contributed by atoms with Crippen molar-refractivity contribution in [2.24, 2.45) is 17.3 Å². The summed E-state index contributed by atoms with van der Waals surface area (Å²) in [5.74, 6) is -1.28. The molecule has 0 amide bonds. The highest BCUT2D eigenvalue weighted by molar-refractivity contribution is 7.92. The third kappa shape index (κ3) is 5.70. The topological polar surface area (TPSA) is 89.9 Å².